The molecule has 1 aliphatic heterocycles. The van der Waals surface area contributed by atoms with Gasteiger partial charge in [0.05, 0.1) is 24.8 Å². The monoisotopic (exact) mass is 468 g/mol. The van der Waals surface area contributed by atoms with E-state index in [-0.39, 0.29) is 6.10 Å². The molecule has 0 spiro atoms. The van der Waals surface area contributed by atoms with Gasteiger partial charge in [0.2, 0.25) is 0 Å². The van der Waals surface area contributed by atoms with Gasteiger partial charge >= 0.3 is 6.09 Å². The normalized spacial score (nSPS) is 17.6. The van der Waals surface area contributed by atoms with Gasteiger partial charge in [0.25, 0.3) is 0 Å². The maximum atomic E-state index is 15.0. The number of hydrogen-bond donors (Lipinski definition) is 2. The van der Waals surface area contributed by atoms with Crippen LogP contribution in [0.15, 0.2) is 71.1 Å². The molecule has 3 heterocycles. The van der Waals surface area contributed by atoms with Crippen LogP contribution >= 0.6 is 0 Å². The number of cyclic esters (lactones) is 1. The molecule has 1 saturated heterocycles. The summed E-state index contributed by atoms with van der Waals surface area (Å²) in [7, 11) is 1.80. The number of aldehydes is 1. The minimum absolute atomic E-state index is 0.252. The summed E-state index contributed by atoms with van der Waals surface area (Å²) in [6.45, 7) is 3.73. The van der Waals surface area contributed by atoms with E-state index in [4.69, 9.17) is 13.9 Å². The molecule has 1 fully saturated rings. The Morgan fingerprint density at radius 1 is 1.26 bits per heavy atom. The van der Waals surface area contributed by atoms with E-state index in [1.165, 1.54) is 17.9 Å². The Morgan fingerprint density at radius 3 is 2.74 bits per heavy atom. The molecule has 8 nitrogen and oxygen atoms in total. The van der Waals surface area contributed by atoms with Gasteiger partial charge in [-0.15, -0.1) is 0 Å². The van der Waals surface area contributed by atoms with Gasteiger partial charge in [0.1, 0.15) is 18.2 Å². The maximum absolute atomic E-state index is 15.0. The highest BCUT2D eigenvalue weighted by Gasteiger charge is 2.33. The van der Waals surface area contributed by atoms with Crippen LogP contribution < -0.4 is 10.6 Å². The Morgan fingerprint density at radius 2 is 2.06 bits per heavy atom. The second kappa shape index (κ2) is 12.6. The molecule has 9 heteroatoms. The van der Waals surface area contributed by atoms with Crippen LogP contribution in [-0.4, -0.2) is 48.5 Å². The van der Waals surface area contributed by atoms with E-state index in [2.05, 4.69) is 15.6 Å². The minimum Gasteiger partial charge on any atom is -0.472 e. The van der Waals surface area contributed by atoms with E-state index >= 15 is 4.39 Å². The Balaban J connectivity index is 0.00000103. The molecular formula is C25H29FN4O4. The topological polar surface area (TPSA) is 96.7 Å². The predicted octanol–water partition coefficient (Wildman–Crippen LogP) is 3.73. The van der Waals surface area contributed by atoms with Crippen molar-refractivity contribution in [2.45, 2.75) is 32.5 Å². The molecule has 2 aromatic rings. The molecule has 1 unspecified atom stereocenters. The number of hydrogen-bond acceptors (Lipinski definition) is 7. The van der Waals surface area contributed by atoms with Crippen LogP contribution in [0, 0.1) is 0 Å². The molecule has 0 aromatic carbocycles. The molecule has 0 saturated carbocycles. The van der Waals surface area contributed by atoms with Gasteiger partial charge in [-0.05, 0) is 50.2 Å². The van der Waals surface area contributed by atoms with Crippen molar-refractivity contribution in [3.63, 3.8) is 0 Å². The standard InChI is InChI=1S/C23H25FN4O3.C2H4O/c1-25-13-19-14-28(23(29)31-19)18-3-2-4-20(21(24)9-18)22-6-5-16(12-27-22)10-26-11-17-7-8-30-15-17;1-2-3/h2-3,5-9,12,15,19,25-26H,4,10-11,13-14H2,1H3;2H,1H3. The first-order chi connectivity index (χ1) is 16.5. The number of allylic oxidation sites excluding steroid dienone is 5. The number of pyridine rings is 1. The van der Waals surface area contributed by atoms with Crippen LogP contribution in [0.1, 0.15) is 30.2 Å². The van der Waals surface area contributed by atoms with Gasteiger partial charge in [-0.25, -0.2) is 9.18 Å². The Bertz CT molecular complexity index is 1050. The number of halogens is 1. The van der Waals surface area contributed by atoms with Crippen LogP contribution in [0.4, 0.5) is 9.18 Å². The molecule has 1 aliphatic carbocycles. The van der Waals surface area contributed by atoms with E-state index < -0.39 is 11.9 Å². The van der Waals surface area contributed by atoms with Gasteiger partial charge in [0.15, 0.2) is 0 Å². The van der Waals surface area contributed by atoms with Crippen molar-refractivity contribution >= 4 is 18.0 Å². The van der Waals surface area contributed by atoms with Crippen molar-refractivity contribution in [1.82, 2.24) is 20.5 Å². The summed E-state index contributed by atoms with van der Waals surface area (Å²) in [6.07, 6.45) is 10.5. The molecule has 0 radical (unpaired) electrons. The van der Waals surface area contributed by atoms with Crippen molar-refractivity contribution in [1.29, 1.82) is 0 Å². The SMILES string of the molecule is CC=O.CNCC1CN(C2=CC(F)=C(c3ccc(CNCc4ccoc4)cn3)CC=C2)C(=O)O1. The van der Waals surface area contributed by atoms with E-state index in [1.54, 1.807) is 31.8 Å². The van der Waals surface area contributed by atoms with Crippen molar-refractivity contribution < 1.29 is 23.1 Å². The lowest BCUT2D eigenvalue weighted by Crippen LogP contribution is -2.28. The number of rotatable bonds is 8. The van der Waals surface area contributed by atoms with Crippen molar-refractivity contribution in [3.05, 3.63) is 83.5 Å². The molecule has 34 heavy (non-hydrogen) atoms. The number of furan rings is 1. The summed E-state index contributed by atoms with van der Waals surface area (Å²) in [4.78, 5) is 26.9. The lowest BCUT2D eigenvalue weighted by molar-refractivity contribution is -0.106. The molecule has 1 amide bonds. The van der Waals surface area contributed by atoms with E-state index in [9.17, 15) is 4.79 Å². The molecule has 2 aromatic heterocycles. The summed E-state index contributed by atoms with van der Waals surface area (Å²) < 4.78 is 25.4. The number of likely N-dealkylation sites (N-methyl/N-ethyl adjacent to an activating group) is 1. The molecule has 0 bridgehead atoms. The fourth-order valence-electron chi connectivity index (χ4n) is 3.57. The average molecular weight is 469 g/mol. The minimum atomic E-state index is -0.460. The molecule has 1 atom stereocenters. The fraction of sp³-hybridized carbons (Fsp3) is 0.320. The number of nitrogens with one attached hydrogen (secondary N) is 2. The summed E-state index contributed by atoms with van der Waals surface area (Å²) in [5, 5.41) is 6.30. The third-order valence-electron chi connectivity index (χ3n) is 5.16. The summed E-state index contributed by atoms with van der Waals surface area (Å²) in [5.41, 5.74) is 3.63. The highest BCUT2D eigenvalue weighted by molar-refractivity contribution is 5.75. The Hall–Kier alpha value is -3.56. The fourth-order valence-corrected chi connectivity index (χ4v) is 3.57. The predicted molar refractivity (Wildman–Crippen MR) is 126 cm³/mol. The lowest BCUT2D eigenvalue weighted by Gasteiger charge is -2.13. The molecular weight excluding hydrogens is 439 g/mol. The van der Waals surface area contributed by atoms with Gasteiger partial charge in [-0.1, -0.05) is 12.1 Å². The van der Waals surface area contributed by atoms with Gasteiger partial charge in [-0.3, -0.25) is 9.88 Å². The van der Waals surface area contributed by atoms with Crippen LogP contribution in [0.3, 0.4) is 0 Å². The zero-order valence-corrected chi connectivity index (χ0v) is 19.3. The van der Waals surface area contributed by atoms with Crippen molar-refractivity contribution in [2.75, 3.05) is 20.1 Å². The number of carbonyl (C=O) groups excluding carboxylic acids is 2. The van der Waals surface area contributed by atoms with E-state index in [1.807, 2.05) is 24.3 Å². The third kappa shape index (κ3) is 6.72. The first kappa shape index (κ1) is 25.1. The number of ether oxygens (including phenoxy) is 1. The summed E-state index contributed by atoms with van der Waals surface area (Å²) in [5.74, 6) is -0.400. The van der Waals surface area contributed by atoms with Crippen molar-refractivity contribution in [2.24, 2.45) is 0 Å². The number of carbonyl (C=O) groups is 2. The first-order valence-electron chi connectivity index (χ1n) is 11.0. The molecule has 2 N–H and O–H groups in total. The number of nitrogens with zero attached hydrogens (tertiary/aromatic N) is 2. The average Bonchev–Trinajstić information content (AvgIpc) is 3.42. The largest absolute Gasteiger partial charge is 0.472 e. The molecule has 4 rings (SSSR count). The van der Waals surface area contributed by atoms with Crippen LogP contribution in [-0.2, 0) is 22.6 Å². The Kier molecular flexibility index (Phi) is 9.30. The summed E-state index contributed by atoms with van der Waals surface area (Å²) >= 11 is 0. The first-order valence-corrected chi connectivity index (χ1v) is 11.0. The maximum Gasteiger partial charge on any atom is 0.414 e. The van der Waals surface area contributed by atoms with Crippen molar-refractivity contribution in [3.8, 4) is 0 Å². The zero-order valence-electron chi connectivity index (χ0n) is 19.3. The van der Waals surface area contributed by atoms with E-state index in [0.29, 0.717) is 49.6 Å². The lowest BCUT2D eigenvalue weighted by atomic mass is 10.1. The zero-order chi connectivity index (χ0) is 24.3. The van der Waals surface area contributed by atoms with Gasteiger partial charge in [-0.2, -0.15) is 0 Å². The van der Waals surface area contributed by atoms with E-state index in [0.717, 1.165) is 17.4 Å². The highest BCUT2D eigenvalue weighted by atomic mass is 19.1. The Labute approximate surface area is 198 Å². The van der Waals surface area contributed by atoms with Crippen LogP contribution in [0.25, 0.3) is 5.57 Å². The number of amides is 1. The quantitative estimate of drug-likeness (QED) is 0.570. The second-order valence-electron chi connectivity index (χ2n) is 7.70. The third-order valence-corrected chi connectivity index (χ3v) is 5.16. The number of aromatic nitrogens is 1. The van der Waals surface area contributed by atoms with Crippen LogP contribution in [0.2, 0.25) is 0 Å². The smallest absolute Gasteiger partial charge is 0.414 e. The van der Waals surface area contributed by atoms with Gasteiger partial charge < -0.3 is 24.6 Å². The van der Waals surface area contributed by atoms with Gasteiger partial charge in [0, 0.05) is 42.7 Å². The molecule has 2 aliphatic rings. The van der Waals surface area contributed by atoms with Crippen LogP contribution in [0.5, 0.6) is 0 Å². The highest BCUT2D eigenvalue weighted by Crippen LogP contribution is 2.29. The second-order valence-corrected chi connectivity index (χ2v) is 7.70. The molecule has 180 valence electrons. The summed E-state index contributed by atoms with van der Waals surface area (Å²) in [6, 6.07) is 5.67.